The van der Waals surface area contributed by atoms with Gasteiger partial charge < -0.3 is 5.11 Å². The standard InChI is InChI=1S/C18H20F2N2O3/c1-3-18-8-5-9-22(18)21(17(25)14(11(2)23)16(18)24)10-12-6-4-7-13(19)15(12)20/h4,6-7,24H,3,5,8-10H2,1-2H3/t18-/m1/s1. The van der Waals surface area contributed by atoms with E-state index in [0.717, 1.165) is 12.5 Å². The van der Waals surface area contributed by atoms with Crippen molar-refractivity contribution < 1.29 is 23.5 Å². The van der Waals surface area contributed by atoms with Crippen LogP contribution in [0, 0.1) is 11.6 Å². The fourth-order valence-electron chi connectivity index (χ4n) is 3.86. The summed E-state index contributed by atoms with van der Waals surface area (Å²) < 4.78 is 27.6. The molecular weight excluding hydrogens is 330 g/mol. The average Bonchev–Trinajstić information content (AvgIpc) is 3.00. The SMILES string of the molecule is CC[C@]12CCCN1N(Cc1cccc(F)c1F)C(=O)C(C(C)=O)=C2O. The number of amides is 1. The molecule has 1 aromatic rings. The Hall–Kier alpha value is -2.28. The molecule has 0 saturated carbocycles. The fourth-order valence-corrected chi connectivity index (χ4v) is 3.86. The lowest BCUT2D eigenvalue weighted by atomic mass is 9.85. The summed E-state index contributed by atoms with van der Waals surface area (Å²) in [5.74, 6) is -3.43. The Morgan fingerprint density at radius 2 is 2.08 bits per heavy atom. The van der Waals surface area contributed by atoms with Crippen LogP contribution in [0.25, 0.3) is 0 Å². The van der Waals surface area contributed by atoms with E-state index in [9.17, 15) is 23.5 Å². The Morgan fingerprint density at radius 3 is 2.72 bits per heavy atom. The van der Waals surface area contributed by atoms with E-state index in [4.69, 9.17) is 0 Å². The highest BCUT2D eigenvalue weighted by molar-refractivity contribution is 6.19. The van der Waals surface area contributed by atoms with Crippen molar-refractivity contribution in [2.24, 2.45) is 0 Å². The Morgan fingerprint density at radius 1 is 1.36 bits per heavy atom. The highest BCUT2D eigenvalue weighted by atomic mass is 19.2. The molecule has 7 heteroatoms. The molecule has 1 amide bonds. The summed E-state index contributed by atoms with van der Waals surface area (Å²) in [4.78, 5) is 24.8. The fraction of sp³-hybridized carbons (Fsp3) is 0.444. The van der Waals surface area contributed by atoms with Gasteiger partial charge in [-0.2, -0.15) is 0 Å². The van der Waals surface area contributed by atoms with Gasteiger partial charge in [0.2, 0.25) is 0 Å². The highest BCUT2D eigenvalue weighted by Gasteiger charge is 2.53. The third kappa shape index (κ3) is 2.54. The summed E-state index contributed by atoms with van der Waals surface area (Å²) in [6, 6.07) is 3.79. The molecule has 5 nitrogen and oxygen atoms in total. The van der Waals surface area contributed by atoms with Crippen molar-refractivity contribution in [3.05, 3.63) is 46.7 Å². The van der Waals surface area contributed by atoms with Crippen molar-refractivity contribution in [2.45, 2.75) is 45.2 Å². The number of benzene rings is 1. The van der Waals surface area contributed by atoms with Crippen molar-refractivity contribution in [1.29, 1.82) is 0 Å². The molecule has 0 unspecified atom stereocenters. The summed E-state index contributed by atoms with van der Waals surface area (Å²) in [6.07, 6.45) is 1.80. The van der Waals surface area contributed by atoms with Crippen LogP contribution in [0.4, 0.5) is 8.78 Å². The second-order valence-electron chi connectivity index (χ2n) is 6.47. The number of nitrogens with zero attached hydrogens (tertiary/aromatic N) is 2. The van der Waals surface area contributed by atoms with Gasteiger partial charge in [-0.3, -0.25) is 14.6 Å². The zero-order valence-corrected chi connectivity index (χ0v) is 14.2. The molecule has 0 bridgehead atoms. The van der Waals surface area contributed by atoms with Crippen LogP contribution in [0.15, 0.2) is 29.5 Å². The zero-order chi connectivity index (χ0) is 18.4. The van der Waals surface area contributed by atoms with Crippen molar-refractivity contribution in [1.82, 2.24) is 10.0 Å². The molecule has 1 saturated heterocycles. The summed E-state index contributed by atoms with van der Waals surface area (Å²) in [7, 11) is 0. The predicted molar refractivity (Wildman–Crippen MR) is 86.2 cm³/mol. The van der Waals surface area contributed by atoms with Gasteiger partial charge in [-0.1, -0.05) is 19.1 Å². The van der Waals surface area contributed by atoms with Crippen molar-refractivity contribution in [3.8, 4) is 0 Å². The number of ketones is 1. The lowest BCUT2D eigenvalue weighted by Crippen LogP contribution is -2.61. The predicted octanol–water partition coefficient (Wildman–Crippen LogP) is 2.87. The number of hydrazine groups is 1. The minimum Gasteiger partial charge on any atom is -0.509 e. The van der Waals surface area contributed by atoms with E-state index < -0.39 is 28.9 Å². The second-order valence-corrected chi connectivity index (χ2v) is 6.47. The first kappa shape index (κ1) is 17.5. The molecule has 2 aliphatic heterocycles. The molecule has 0 aromatic heterocycles. The van der Waals surface area contributed by atoms with Gasteiger partial charge in [0.15, 0.2) is 17.4 Å². The molecule has 2 heterocycles. The van der Waals surface area contributed by atoms with E-state index in [1.807, 2.05) is 6.92 Å². The quantitative estimate of drug-likeness (QED) is 0.849. The largest absolute Gasteiger partial charge is 0.509 e. The van der Waals surface area contributed by atoms with Crippen molar-refractivity contribution >= 4 is 11.7 Å². The van der Waals surface area contributed by atoms with Gasteiger partial charge >= 0.3 is 0 Å². The minimum absolute atomic E-state index is 0.0227. The normalized spacial score (nSPS) is 24.0. The number of hydrogen-bond acceptors (Lipinski definition) is 4. The minimum atomic E-state index is -1.01. The Bertz CT molecular complexity index is 778. The molecule has 1 aromatic carbocycles. The Balaban J connectivity index is 2.09. The van der Waals surface area contributed by atoms with Crippen LogP contribution in [0.2, 0.25) is 0 Å². The summed E-state index contributed by atoms with van der Waals surface area (Å²) >= 11 is 0. The van der Waals surface area contributed by atoms with Crippen LogP contribution in [0.3, 0.4) is 0 Å². The Kier molecular flexibility index (Phi) is 4.36. The maximum absolute atomic E-state index is 14.1. The van der Waals surface area contributed by atoms with Gasteiger partial charge in [0.05, 0.1) is 12.1 Å². The highest BCUT2D eigenvalue weighted by Crippen LogP contribution is 2.44. The average molecular weight is 350 g/mol. The molecule has 3 rings (SSSR count). The van der Waals surface area contributed by atoms with Crippen LogP contribution < -0.4 is 0 Å². The number of carbonyl (C=O) groups is 2. The van der Waals surface area contributed by atoms with E-state index in [1.165, 1.54) is 24.1 Å². The number of carbonyl (C=O) groups excluding carboxylic acids is 2. The summed E-state index contributed by atoms with van der Waals surface area (Å²) in [6.45, 7) is 3.38. The van der Waals surface area contributed by atoms with Crippen LogP contribution >= 0.6 is 0 Å². The van der Waals surface area contributed by atoms with Gasteiger partial charge in [0.25, 0.3) is 5.91 Å². The van der Waals surface area contributed by atoms with E-state index in [1.54, 1.807) is 5.01 Å². The van der Waals surface area contributed by atoms with Gasteiger partial charge in [0, 0.05) is 12.1 Å². The van der Waals surface area contributed by atoms with Crippen LogP contribution in [-0.2, 0) is 16.1 Å². The first-order valence-corrected chi connectivity index (χ1v) is 8.30. The topological polar surface area (TPSA) is 60.9 Å². The number of rotatable bonds is 4. The molecule has 0 spiro atoms. The van der Waals surface area contributed by atoms with Crippen LogP contribution in [-0.4, -0.2) is 38.9 Å². The van der Waals surface area contributed by atoms with Gasteiger partial charge in [-0.05, 0) is 32.3 Å². The molecule has 25 heavy (non-hydrogen) atoms. The third-order valence-corrected chi connectivity index (χ3v) is 5.16. The van der Waals surface area contributed by atoms with E-state index in [-0.39, 0.29) is 23.4 Å². The van der Waals surface area contributed by atoms with Gasteiger partial charge in [-0.15, -0.1) is 0 Å². The number of aliphatic hydroxyl groups is 1. The maximum Gasteiger partial charge on any atom is 0.275 e. The van der Waals surface area contributed by atoms with E-state index >= 15 is 0 Å². The molecule has 2 aliphatic rings. The summed E-state index contributed by atoms with van der Waals surface area (Å²) in [5, 5.41) is 13.6. The monoisotopic (exact) mass is 350 g/mol. The smallest absolute Gasteiger partial charge is 0.275 e. The molecule has 1 fully saturated rings. The number of hydrogen-bond donors (Lipinski definition) is 1. The number of halogens is 2. The number of Topliss-reactive ketones (excluding diaryl/α,β-unsaturated/α-hetero) is 1. The molecule has 0 aliphatic carbocycles. The number of aliphatic hydroxyl groups excluding tert-OH is 1. The molecule has 1 N–H and O–H groups in total. The van der Waals surface area contributed by atoms with Crippen molar-refractivity contribution in [3.63, 3.8) is 0 Å². The van der Waals surface area contributed by atoms with Crippen molar-refractivity contribution in [2.75, 3.05) is 6.54 Å². The van der Waals surface area contributed by atoms with E-state index in [2.05, 4.69) is 0 Å². The summed E-state index contributed by atoms with van der Waals surface area (Å²) in [5.41, 5.74) is -1.09. The molecule has 134 valence electrons. The first-order valence-electron chi connectivity index (χ1n) is 8.30. The zero-order valence-electron chi connectivity index (χ0n) is 14.2. The number of fused-ring (bicyclic) bond motifs is 1. The first-order chi connectivity index (χ1) is 11.8. The lowest BCUT2D eigenvalue weighted by Gasteiger charge is -2.47. The molecule has 1 atom stereocenters. The second kappa shape index (κ2) is 6.22. The lowest BCUT2D eigenvalue weighted by molar-refractivity contribution is -0.162. The Labute approximate surface area is 144 Å². The molecular formula is C18H20F2N2O3. The van der Waals surface area contributed by atoms with Crippen LogP contribution in [0.5, 0.6) is 0 Å². The van der Waals surface area contributed by atoms with Gasteiger partial charge in [0.1, 0.15) is 11.3 Å². The maximum atomic E-state index is 14.1. The van der Waals surface area contributed by atoms with Gasteiger partial charge in [-0.25, -0.2) is 13.8 Å². The third-order valence-electron chi connectivity index (χ3n) is 5.16. The molecule has 0 radical (unpaired) electrons. The van der Waals surface area contributed by atoms with E-state index in [0.29, 0.717) is 19.4 Å². The van der Waals surface area contributed by atoms with Crippen LogP contribution in [0.1, 0.15) is 38.7 Å².